The number of carbonyl (C=O) groups is 1. The van der Waals surface area contributed by atoms with Crippen molar-refractivity contribution in [1.29, 1.82) is 0 Å². The van der Waals surface area contributed by atoms with Gasteiger partial charge in [0.25, 0.3) is 5.91 Å². The summed E-state index contributed by atoms with van der Waals surface area (Å²) < 4.78 is 38.4. The summed E-state index contributed by atoms with van der Waals surface area (Å²) in [4.78, 5) is 12.3. The van der Waals surface area contributed by atoms with Gasteiger partial charge in [0.05, 0.1) is 23.8 Å². The number of hydrogen-bond donors (Lipinski definition) is 1. The Morgan fingerprint density at radius 3 is 2.61 bits per heavy atom. The number of nitrogens with zero attached hydrogens (tertiary/aromatic N) is 1. The average Bonchev–Trinajstić information content (AvgIpc) is 2.69. The summed E-state index contributed by atoms with van der Waals surface area (Å²) in [7, 11) is -3.56. The lowest BCUT2D eigenvalue weighted by Gasteiger charge is -2.26. The number of sulfonamides is 1. The largest absolute Gasteiger partial charge is 0.483 e. The summed E-state index contributed by atoms with van der Waals surface area (Å²) in [5.41, 5.74) is 1.29. The first-order chi connectivity index (χ1) is 13.4. The predicted octanol–water partition coefficient (Wildman–Crippen LogP) is 2.80. The van der Waals surface area contributed by atoms with Crippen LogP contribution in [0.2, 0.25) is 0 Å². The highest BCUT2D eigenvalue weighted by Gasteiger charge is 2.26. The van der Waals surface area contributed by atoms with Gasteiger partial charge >= 0.3 is 0 Å². The molecule has 0 bridgehead atoms. The zero-order valence-electron chi connectivity index (χ0n) is 15.4. The first-order valence-electron chi connectivity index (χ1n) is 8.73. The number of anilines is 1. The number of ether oxygens (including phenoxy) is 2. The topological polar surface area (TPSA) is 84.9 Å². The van der Waals surface area contributed by atoms with Crippen molar-refractivity contribution in [3.05, 3.63) is 52.5 Å². The number of nitrogens with one attached hydrogen (secondary N) is 1. The first-order valence-corrected chi connectivity index (χ1v) is 11.0. The van der Waals surface area contributed by atoms with Crippen LogP contribution in [0.25, 0.3) is 0 Å². The number of halogens is 1. The van der Waals surface area contributed by atoms with Crippen molar-refractivity contribution in [2.45, 2.75) is 11.8 Å². The van der Waals surface area contributed by atoms with Crippen LogP contribution in [0, 0.1) is 6.92 Å². The average molecular weight is 469 g/mol. The summed E-state index contributed by atoms with van der Waals surface area (Å²) in [6.45, 7) is 3.04. The molecule has 0 radical (unpaired) electrons. The smallest absolute Gasteiger partial charge is 0.262 e. The lowest BCUT2D eigenvalue weighted by Crippen LogP contribution is -2.40. The molecule has 0 aromatic heterocycles. The van der Waals surface area contributed by atoms with Crippen molar-refractivity contribution in [2.24, 2.45) is 0 Å². The highest BCUT2D eigenvalue weighted by Crippen LogP contribution is 2.25. The molecule has 1 aliphatic heterocycles. The van der Waals surface area contributed by atoms with E-state index < -0.39 is 10.0 Å². The predicted molar refractivity (Wildman–Crippen MR) is 109 cm³/mol. The van der Waals surface area contributed by atoms with Crippen LogP contribution in [0.15, 0.2) is 51.8 Å². The number of morpholine rings is 1. The highest BCUT2D eigenvalue weighted by atomic mass is 79.9. The SMILES string of the molecule is Cc1cc(S(=O)(=O)N2CCOCC2)ccc1OCC(=O)Nc1ccccc1Br. The van der Waals surface area contributed by atoms with Crippen molar-refractivity contribution >= 4 is 37.5 Å². The number of amides is 1. The van der Waals surface area contributed by atoms with Crippen LogP contribution in [0.5, 0.6) is 5.75 Å². The summed E-state index contributed by atoms with van der Waals surface area (Å²) in [5, 5.41) is 2.75. The van der Waals surface area contributed by atoms with Crippen LogP contribution in [-0.4, -0.2) is 51.5 Å². The van der Waals surface area contributed by atoms with Gasteiger partial charge in [0.15, 0.2) is 6.61 Å². The van der Waals surface area contributed by atoms with Crippen molar-refractivity contribution in [2.75, 3.05) is 38.2 Å². The van der Waals surface area contributed by atoms with Crippen LogP contribution in [0.1, 0.15) is 5.56 Å². The molecule has 1 saturated heterocycles. The number of hydrogen-bond acceptors (Lipinski definition) is 5. The van der Waals surface area contributed by atoms with Crippen molar-refractivity contribution in [3.8, 4) is 5.75 Å². The fourth-order valence-corrected chi connectivity index (χ4v) is 4.65. The monoisotopic (exact) mass is 468 g/mol. The van der Waals surface area contributed by atoms with E-state index in [1.165, 1.54) is 10.4 Å². The van der Waals surface area contributed by atoms with Gasteiger partial charge in [0.1, 0.15) is 5.75 Å². The molecule has 1 fully saturated rings. The van der Waals surface area contributed by atoms with E-state index in [1.807, 2.05) is 18.2 Å². The summed E-state index contributed by atoms with van der Waals surface area (Å²) in [6, 6.07) is 11.9. The maximum atomic E-state index is 12.7. The highest BCUT2D eigenvalue weighted by molar-refractivity contribution is 9.10. The molecule has 7 nitrogen and oxygen atoms in total. The van der Waals surface area contributed by atoms with Crippen LogP contribution in [0.4, 0.5) is 5.69 Å². The normalized spacial score (nSPS) is 15.2. The molecule has 1 aliphatic rings. The molecular weight excluding hydrogens is 448 g/mol. The Labute approximate surface area is 172 Å². The van der Waals surface area contributed by atoms with Gasteiger partial charge in [0.2, 0.25) is 10.0 Å². The molecule has 0 saturated carbocycles. The fraction of sp³-hybridized carbons (Fsp3) is 0.316. The second kappa shape index (κ2) is 9.04. The Balaban J connectivity index is 1.64. The molecule has 0 aliphatic carbocycles. The van der Waals surface area contributed by atoms with Crippen LogP contribution in [-0.2, 0) is 19.6 Å². The third-order valence-corrected chi connectivity index (χ3v) is 6.85. The minimum Gasteiger partial charge on any atom is -0.483 e. The van der Waals surface area contributed by atoms with Crippen molar-refractivity contribution in [3.63, 3.8) is 0 Å². The number of benzene rings is 2. The molecule has 1 heterocycles. The zero-order valence-corrected chi connectivity index (χ0v) is 17.8. The van der Waals surface area contributed by atoms with E-state index in [2.05, 4.69) is 21.2 Å². The Kier molecular flexibility index (Phi) is 6.71. The minimum absolute atomic E-state index is 0.183. The van der Waals surface area contributed by atoms with Crippen molar-refractivity contribution in [1.82, 2.24) is 4.31 Å². The van der Waals surface area contributed by atoms with Crippen LogP contribution >= 0.6 is 15.9 Å². The third kappa shape index (κ3) is 4.91. The number of para-hydroxylation sites is 1. The third-order valence-electron chi connectivity index (χ3n) is 4.26. The standard InChI is InChI=1S/C19H21BrN2O5S/c1-14-12-15(28(24,25)22-8-10-26-11-9-22)6-7-18(14)27-13-19(23)21-17-5-3-2-4-16(17)20/h2-7,12H,8-11,13H2,1H3,(H,21,23). The van der Waals surface area contributed by atoms with Gasteiger partial charge < -0.3 is 14.8 Å². The molecule has 1 amide bonds. The molecular formula is C19H21BrN2O5S. The molecule has 3 rings (SSSR count). The maximum Gasteiger partial charge on any atom is 0.262 e. The Bertz CT molecular complexity index is 959. The summed E-state index contributed by atoms with van der Waals surface area (Å²) in [5.74, 6) is 0.152. The molecule has 2 aromatic carbocycles. The van der Waals surface area contributed by atoms with E-state index in [-0.39, 0.29) is 17.4 Å². The Morgan fingerprint density at radius 1 is 1.21 bits per heavy atom. The van der Waals surface area contributed by atoms with Gasteiger partial charge in [-0.25, -0.2) is 8.42 Å². The molecule has 28 heavy (non-hydrogen) atoms. The number of rotatable bonds is 6. The lowest BCUT2D eigenvalue weighted by molar-refractivity contribution is -0.118. The van der Waals surface area contributed by atoms with E-state index in [0.717, 1.165) is 4.47 Å². The zero-order chi connectivity index (χ0) is 20.1. The van der Waals surface area contributed by atoms with Gasteiger partial charge in [-0.3, -0.25) is 4.79 Å². The van der Waals surface area contributed by atoms with E-state index >= 15 is 0 Å². The molecule has 1 N–H and O–H groups in total. The van der Waals surface area contributed by atoms with Crippen LogP contribution < -0.4 is 10.1 Å². The van der Waals surface area contributed by atoms with Gasteiger partial charge in [-0.1, -0.05) is 12.1 Å². The Hall–Kier alpha value is -1.94. The van der Waals surface area contributed by atoms with Crippen LogP contribution in [0.3, 0.4) is 0 Å². The molecule has 0 atom stereocenters. The second-order valence-corrected chi connectivity index (χ2v) is 9.05. The van der Waals surface area contributed by atoms with E-state index in [1.54, 1.807) is 25.1 Å². The number of aryl methyl sites for hydroxylation is 1. The molecule has 0 spiro atoms. The summed E-state index contributed by atoms with van der Waals surface area (Å²) in [6.07, 6.45) is 0. The van der Waals surface area contributed by atoms with E-state index in [4.69, 9.17) is 9.47 Å². The lowest BCUT2D eigenvalue weighted by atomic mass is 10.2. The molecule has 9 heteroatoms. The van der Waals surface area contributed by atoms with Gasteiger partial charge in [-0.05, 0) is 58.7 Å². The van der Waals surface area contributed by atoms with E-state index in [9.17, 15) is 13.2 Å². The van der Waals surface area contributed by atoms with E-state index in [0.29, 0.717) is 43.3 Å². The van der Waals surface area contributed by atoms with Gasteiger partial charge in [0, 0.05) is 17.6 Å². The first kappa shape index (κ1) is 20.8. The fourth-order valence-electron chi connectivity index (χ4n) is 2.77. The second-order valence-electron chi connectivity index (χ2n) is 6.26. The minimum atomic E-state index is -3.56. The van der Waals surface area contributed by atoms with Gasteiger partial charge in [-0.15, -0.1) is 0 Å². The number of carbonyl (C=O) groups excluding carboxylic acids is 1. The molecule has 2 aromatic rings. The Morgan fingerprint density at radius 2 is 1.93 bits per heavy atom. The van der Waals surface area contributed by atoms with Gasteiger partial charge in [-0.2, -0.15) is 4.31 Å². The molecule has 0 unspecified atom stereocenters. The maximum absolute atomic E-state index is 12.7. The quantitative estimate of drug-likeness (QED) is 0.704. The van der Waals surface area contributed by atoms with Crippen molar-refractivity contribution < 1.29 is 22.7 Å². The summed E-state index contributed by atoms with van der Waals surface area (Å²) >= 11 is 3.37. The molecule has 150 valence electrons.